The fourth-order valence-corrected chi connectivity index (χ4v) is 4.56. The molecule has 1 saturated heterocycles. The first-order valence-electron chi connectivity index (χ1n) is 6.28. The van der Waals surface area contributed by atoms with Gasteiger partial charge in [-0.15, -0.1) is 0 Å². The highest BCUT2D eigenvalue weighted by Crippen LogP contribution is 2.32. The Morgan fingerprint density at radius 2 is 2.16 bits per heavy atom. The van der Waals surface area contributed by atoms with E-state index in [0.29, 0.717) is 18.8 Å². The van der Waals surface area contributed by atoms with E-state index in [1.54, 1.807) is 6.07 Å². The zero-order valence-corrected chi connectivity index (χ0v) is 12.9. The Labute approximate surface area is 118 Å². The first-order valence-corrected chi connectivity index (χ1v) is 8.71. The lowest BCUT2D eigenvalue weighted by Gasteiger charge is -2.21. The summed E-state index contributed by atoms with van der Waals surface area (Å²) in [6, 6.07) is 3.10. The second-order valence-corrected chi connectivity index (χ2v) is 8.86. The molecule has 0 unspecified atom stereocenters. The highest BCUT2D eigenvalue weighted by molar-refractivity contribution is 8.00. The van der Waals surface area contributed by atoms with E-state index in [1.165, 1.54) is 10.4 Å². The average molecular weight is 304 g/mol. The summed E-state index contributed by atoms with van der Waals surface area (Å²) in [5, 5.41) is -0.00217. The molecule has 108 valence electrons. The second-order valence-electron chi connectivity index (χ2n) is 5.19. The van der Waals surface area contributed by atoms with Gasteiger partial charge in [0.2, 0.25) is 5.09 Å². The van der Waals surface area contributed by atoms with Gasteiger partial charge in [-0.1, -0.05) is 13.8 Å². The summed E-state index contributed by atoms with van der Waals surface area (Å²) in [7, 11) is -3.53. The normalized spacial score (nSPS) is 21.2. The number of thioether (sulfide) groups is 1. The van der Waals surface area contributed by atoms with E-state index in [9.17, 15) is 8.42 Å². The maximum Gasteiger partial charge on any atom is 0.276 e. The number of nitrogens with two attached hydrogens (primary N) is 1. The van der Waals surface area contributed by atoms with Gasteiger partial charge in [-0.3, -0.25) is 0 Å². The van der Waals surface area contributed by atoms with E-state index in [1.807, 2.05) is 11.8 Å². The van der Waals surface area contributed by atoms with E-state index in [-0.39, 0.29) is 16.4 Å². The van der Waals surface area contributed by atoms with Crippen LogP contribution >= 0.6 is 11.8 Å². The maximum absolute atomic E-state index is 12.5. The van der Waals surface area contributed by atoms with E-state index in [2.05, 4.69) is 13.8 Å². The van der Waals surface area contributed by atoms with Crippen molar-refractivity contribution in [2.24, 2.45) is 5.73 Å². The van der Waals surface area contributed by atoms with E-state index in [0.717, 1.165) is 12.2 Å². The lowest BCUT2D eigenvalue weighted by Crippen LogP contribution is -2.33. The van der Waals surface area contributed by atoms with Crippen LogP contribution in [0.15, 0.2) is 21.6 Å². The van der Waals surface area contributed by atoms with E-state index < -0.39 is 10.0 Å². The number of rotatable bonds is 3. The molecule has 1 aromatic heterocycles. The van der Waals surface area contributed by atoms with Crippen LogP contribution in [0.1, 0.15) is 26.0 Å². The molecule has 7 heteroatoms. The van der Waals surface area contributed by atoms with Gasteiger partial charge in [-0.05, 0) is 18.6 Å². The third-order valence-corrected chi connectivity index (χ3v) is 6.37. The molecule has 0 aliphatic carbocycles. The first kappa shape index (κ1) is 14.9. The minimum absolute atomic E-state index is 0.00217. The molecular weight excluding hydrogens is 284 g/mol. The van der Waals surface area contributed by atoms with Crippen molar-refractivity contribution in [3.05, 3.63) is 17.9 Å². The zero-order chi connectivity index (χ0) is 14.1. The van der Waals surface area contributed by atoms with Gasteiger partial charge in [0.05, 0.1) is 6.54 Å². The molecule has 5 nitrogen and oxygen atoms in total. The van der Waals surface area contributed by atoms with Gasteiger partial charge in [0.25, 0.3) is 10.0 Å². The third-order valence-electron chi connectivity index (χ3n) is 3.23. The van der Waals surface area contributed by atoms with Crippen LogP contribution in [0, 0.1) is 0 Å². The number of hydrogen-bond donors (Lipinski definition) is 1. The molecule has 1 aliphatic heterocycles. The maximum atomic E-state index is 12.5. The molecule has 0 saturated carbocycles. The summed E-state index contributed by atoms with van der Waals surface area (Å²) >= 11 is 1.81. The van der Waals surface area contributed by atoms with Crippen molar-refractivity contribution < 1.29 is 12.8 Å². The van der Waals surface area contributed by atoms with Gasteiger partial charge in [0.1, 0.15) is 5.76 Å². The van der Waals surface area contributed by atoms with E-state index >= 15 is 0 Å². The van der Waals surface area contributed by atoms with Crippen molar-refractivity contribution in [1.29, 1.82) is 0 Å². The van der Waals surface area contributed by atoms with Crippen LogP contribution in [0.25, 0.3) is 0 Å². The van der Waals surface area contributed by atoms with Crippen molar-refractivity contribution in [3.63, 3.8) is 0 Å². The monoisotopic (exact) mass is 304 g/mol. The molecule has 0 radical (unpaired) electrons. The molecule has 1 aliphatic rings. The van der Waals surface area contributed by atoms with Gasteiger partial charge in [-0.2, -0.15) is 16.1 Å². The molecule has 1 aromatic rings. The predicted molar refractivity (Wildman–Crippen MR) is 76.5 cm³/mol. The Hall–Kier alpha value is -0.500. The average Bonchev–Trinajstić information content (AvgIpc) is 2.75. The molecule has 1 fully saturated rings. The summed E-state index contributed by atoms with van der Waals surface area (Å²) in [5.74, 6) is 1.29. The lowest BCUT2D eigenvalue weighted by molar-refractivity contribution is 0.370. The van der Waals surface area contributed by atoms with Crippen LogP contribution in [-0.4, -0.2) is 36.3 Å². The molecule has 2 rings (SSSR count). The lowest BCUT2D eigenvalue weighted by atomic mass is 10.1. The highest BCUT2D eigenvalue weighted by atomic mass is 32.2. The molecule has 0 aromatic carbocycles. The van der Waals surface area contributed by atoms with Crippen molar-refractivity contribution in [3.8, 4) is 0 Å². The summed E-state index contributed by atoms with van der Waals surface area (Å²) in [6.07, 6.45) is 0.835. The Kier molecular flexibility index (Phi) is 4.29. The summed E-state index contributed by atoms with van der Waals surface area (Å²) in [6.45, 7) is 5.55. The van der Waals surface area contributed by atoms with Crippen molar-refractivity contribution >= 4 is 21.8 Å². The standard InChI is InChI=1S/C12H20N2O3S2/c1-12(2)5-6-14(7-8-18-12)19(15,16)11-4-3-10(9-13)17-11/h3-4H,5-9,13H2,1-2H3. The smallest absolute Gasteiger partial charge is 0.276 e. The number of hydrogen-bond acceptors (Lipinski definition) is 5. The molecule has 0 amide bonds. The van der Waals surface area contributed by atoms with Crippen LogP contribution in [0.5, 0.6) is 0 Å². The van der Waals surface area contributed by atoms with Gasteiger partial charge in [0, 0.05) is 23.6 Å². The van der Waals surface area contributed by atoms with Gasteiger partial charge in [-0.25, -0.2) is 8.42 Å². The minimum Gasteiger partial charge on any atom is -0.447 e. The number of furan rings is 1. The topological polar surface area (TPSA) is 76.5 Å². The SMILES string of the molecule is CC1(C)CCN(S(=O)(=O)c2ccc(CN)o2)CCS1. The molecule has 19 heavy (non-hydrogen) atoms. The van der Waals surface area contributed by atoms with Crippen molar-refractivity contribution in [2.75, 3.05) is 18.8 Å². The van der Waals surface area contributed by atoms with Crippen LogP contribution in [-0.2, 0) is 16.6 Å². The van der Waals surface area contributed by atoms with Crippen LogP contribution in [0.2, 0.25) is 0 Å². The summed E-state index contributed by atoms with van der Waals surface area (Å²) < 4.78 is 31.8. The number of sulfonamides is 1. The van der Waals surface area contributed by atoms with Crippen LogP contribution in [0.3, 0.4) is 0 Å². The van der Waals surface area contributed by atoms with Crippen molar-refractivity contribution in [2.45, 2.75) is 36.7 Å². The fraction of sp³-hybridized carbons (Fsp3) is 0.667. The van der Waals surface area contributed by atoms with Crippen LogP contribution in [0.4, 0.5) is 0 Å². The Morgan fingerprint density at radius 1 is 1.42 bits per heavy atom. The highest BCUT2D eigenvalue weighted by Gasteiger charge is 2.32. The van der Waals surface area contributed by atoms with Gasteiger partial charge < -0.3 is 10.2 Å². The quantitative estimate of drug-likeness (QED) is 0.918. The van der Waals surface area contributed by atoms with Crippen molar-refractivity contribution in [1.82, 2.24) is 4.31 Å². The first-order chi connectivity index (χ1) is 8.85. The molecular formula is C12H20N2O3S2. The van der Waals surface area contributed by atoms with Gasteiger partial charge >= 0.3 is 0 Å². The summed E-state index contributed by atoms with van der Waals surface area (Å²) in [4.78, 5) is 0. The molecule has 2 N–H and O–H groups in total. The Balaban J connectivity index is 2.20. The van der Waals surface area contributed by atoms with Crippen LogP contribution < -0.4 is 5.73 Å². The summed E-state index contributed by atoms with van der Waals surface area (Å²) in [5.41, 5.74) is 5.44. The third kappa shape index (κ3) is 3.34. The molecule has 0 bridgehead atoms. The Bertz CT molecular complexity index is 537. The molecule has 0 atom stereocenters. The second kappa shape index (κ2) is 5.47. The van der Waals surface area contributed by atoms with Gasteiger partial charge in [0.15, 0.2) is 0 Å². The minimum atomic E-state index is -3.53. The van der Waals surface area contributed by atoms with E-state index in [4.69, 9.17) is 10.2 Å². The largest absolute Gasteiger partial charge is 0.447 e. The zero-order valence-electron chi connectivity index (χ0n) is 11.3. The Morgan fingerprint density at radius 3 is 2.79 bits per heavy atom. The number of nitrogens with zero attached hydrogens (tertiary/aromatic N) is 1. The molecule has 0 spiro atoms. The fourth-order valence-electron chi connectivity index (χ4n) is 1.98. The predicted octanol–water partition coefficient (Wildman–Crippen LogP) is 1.64. The molecule has 2 heterocycles.